The highest BCUT2D eigenvalue weighted by atomic mass is 35.5. The lowest BCUT2D eigenvalue weighted by Gasteiger charge is -2.41. The number of benzene rings is 3. The number of methoxy groups -OCH3 is 1. The van der Waals surface area contributed by atoms with E-state index in [0.717, 1.165) is 42.9 Å². The van der Waals surface area contributed by atoms with E-state index in [4.69, 9.17) is 21.1 Å². The highest BCUT2D eigenvalue weighted by Gasteiger charge is 2.39. The number of carbonyl (C=O) groups excluding carboxylic acids is 2. The molecule has 52 heavy (non-hydrogen) atoms. The van der Waals surface area contributed by atoms with Crippen molar-refractivity contribution in [2.75, 3.05) is 51.9 Å². The van der Waals surface area contributed by atoms with Crippen LogP contribution >= 0.6 is 24.0 Å². The number of amides is 2. The van der Waals surface area contributed by atoms with Gasteiger partial charge in [0.2, 0.25) is 5.88 Å². The Balaban J connectivity index is 0.00000464. The second-order valence-corrected chi connectivity index (χ2v) is 13.6. The van der Waals surface area contributed by atoms with Crippen LogP contribution in [0.15, 0.2) is 90.4 Å². The molecule has 11 nitrogen and oxygen atoms in total. The van der Waals surface area contributed by atoms with Crippen LogP contribution in [0, 0.1) is 0 Å². The van der Waals surface area contributed by atoms with Gasteiger partial charge in [0.1, 0.15) is 5.75 Å². The van der Waals surface area contributed by atoms with Crippen LogP contribution in [0.1, 0.15) is 46.4 Å². The molecule has 2 amide bonds. The van der Waals surface area contributed by atoms with Crippen molar-refractivity contribution >= 4 is 47.3 Å². The second-order valence-electron chi connectivity index (χ2n) is 13.2. The topological polar surface area (TPSA) is 112 Å². The molecule has 0 radical (unpaired) electrons. The zero-order valence-electron chi connectivity index (χ0n) is 29.4. The highest BCUT2D eigenvalue weighted by Crippen LogP contribution is 2.42. The number of aromatic nitrogens is 2. The van der Waals surface area contributed by atoms with E-state index in [0.29, 0.717) is 59.7 Å². The predicted molar refractivity (Wildman–Crippen MR) is 201 cm³/mol. The number of hydrogen-bond donors (Lipinski definition) is 1. The summed E-state index contributed by atoms with van der Waals surface area (Å²) in [5.41, 5.74) is 5.60. The van der Waals surface area contributed by atoms with Gasteiger partial charge in [-0.1, -0.05) is 35.9 Å². The summed E-state index contributed by atoms with van der Waals surface area (Å²) < 4.78 is 10.8. The monoisotopic (exact) mass is 744 g/mol. The molecular weight excluding hydrogens is 703 g/mol. The first kappa shape index (κ1) is 37.1. The van der Waals surface area contributed by atoms with Crippen molar-refractivity contribution in [1.82, 2.24) is 24.7 Å². The van der Waals surface area contributed by atoms with E-state index in [2.05, 4.69) is 33.1 Å². The molecule has 3 aliphatic heterocycles. The largest absolute Gasteiger partial charge is 0.508 e. The maximum atomic E-state index is 14.8. The Morgan fingerprint density at radius 1 is 1.00 bits per heavy atom. The Labute approximate surface area is 314 Å². The summed E-state index contributed by atoms with van der Waals surface area (Å²) in [6, 6.07) is 19.8. The van der Waals surface area contributed by atoms with Gasteiger partial charge in [0.25, 0.3) is 11.8 Å². The Morgan fingerprint density at radius 3 is 2.42 bits per heavy atom. The van der Waals surface area contributed by atoms with Gasteiger partial charge in [0.15, 0.2) is 5.82 Å². The van der Waals surface area contributed by atoms with Crippen LogP contribution < -0.4 is 9.64 Å². The van der Waals surface area contributed by atoms with Gasteiger partial charge in [-0.25, -0.2) is 9.97 Å². The fraction of sp³-hybridized carbons (Fsp3) is 0.333. The number of phenolic OH excluding ortho intramolecular Hbond substituents is 1. The third-order valence-electron chi connectivity index (χ3n) is 10.2. The van der Waals surface area contributed by atoms with Gasteiger partial charge in [-0.2, -0.15) is 0 Å². The van der Waals surface area contributed by atoms with Gasteiger partial charge in [-0.3, -0.25) is 19.4 Å². The molecule has 3 aliphatic rings. The molecule has 1 saturated heterocycles. The summed E-state index contributed by atoms with van der Waals surface area (Å²) in [7, 11) is 3.43. The van der Waals surface area contributed by atoms with Crippen molar-refractivity contribution in [3.63, 3.8) is 0 Å². The molecule has 1 unspecified atom stereocenters. The molecule has 1 N–H and O–H groups in total. The van der Waals surface area contributed by atoms with Crippen molar-refractivity contribution in [3.05, 3.63) is 118 Å². The van der Waals surface area contributed by atoms with Gasteiger partial charge in [-0.05, 0) is 72.5 Å². The normalized spacial score (nSPS) is 18.8. The minimum absolute atomic E-state index is 0. The van der Waals surface area contributed by atoms with Crippen LogP contribution in [0.3, 0.4) is 0 Å². The third-order valence-corrected chi connectivity index (χ3v) is 10.5. The number of nitrogens with zero attached hydrogens (tertiary/aromatic N) is 6. The van der Waals surface area contributed by atoms with Crippen LogP contribution in [0.4, 0.5) is 11.5 Å². The molecule has 1 aromatic heterocycles. The number of hydrogen-bond acceptors (Lipinski definition) is 9. The molecule has 1 fully saturated rings. The zero-order valence-corrected chi connectivity index (χ0v) is 30.9. The van der Waals surface area contributed by atoms with Crippen LogP contribution in [-0.4, -0.2) is 94.6 Å². The van der Waals surface area contributed by atoms with Crippen molar-refractivity contribution in [1.29, 1.82) is 0 Å². The quantitative estimate of drug-likeness (QED) is 0.226. The number of aromatic hydroxyl groups is 1. The van der Waals surface area contributed by atoms with E-state index in [9.17, 15) is 14.7 Å². The first-order valence-corrected chi connectivity index (χ1v) is 17.5. The minimum Gasteiger partial charge on any atom is -0.508 e. The molecule has 4 heterocycles. The van der Waals surface area contributed by atoms with Crippen LogP contribution in [0.2, 0.25) is 5.02 Å². The van der Waals surface area contributed by atoms with Gasteiger partial charge >= 0.3 is 0 Å². The Bertz CT molecular complexity index is 1950. The molecule has 4 aromatic rings. The summed E-state index contributed by atoms with van der Waals surface area (Å²) in [5, 5.41) is 10.5. The maximum Gasteiger partial charge on any atom is 0.261 e. The maximum absolute atomic E-state index is 14.8. The summed E-state index contributed by atoms with van der Waals surface area (Å²) in [6.07, 6.45) is 4.04. The first-order valence-electron chi connectivity index (χ1n) is 17.1. The van der Waals surface area contributed by atoms with Crippen molar-refractivity contribution < 1.29 is 24.2 Å². The molecule has 2 atom stereocenters. The third kappa shape index (κ3) is 7.45. The van der Waals surface area contributed by atoms with Crippen molar-refractivity contribution in [2.24, 2.45) is 0 Å². The Kier molecular flexibility index (Phi) is 11.4. The molecule has 0 aliphatic carbocycles. The molecule has 0 spiro atoms. The zero-order chi connectivity index (χ0) is 35.6. The van der Waals surface area contributed by atoms with Crippen LogP contribution in [0.5, 0.6) is 11.6 Å². The lowest BCUT2D eigenvalue weighted by atomic mass is 9.91. The number of ether oxygens (including phenoxy) is 2. The summed E-state index contributed by atoms with van der Waals surface area (Å²) >= 11 is 6.64. The fourth-order valence-electron chi connectivity index (χ4n) is 7.33. The second kappa shape index (κ2) is 15.9. The average molecular weight is 746 g/mol. The molecular formula is C39H42Cl2N6O5. The SMILES string of the molecule is COc1cnc(N(C(=O)C2=C(C)N(C)C(c3cc(Cl)ccc3C(=O)N3Cc4ccccc4C[C@H]3CN3CCOCC3)C2)c2ccc(O)cc2)cn1.Cl. The van der Waals surface area contributed by atoms with Gasteiger partial charge < -0.3 is 24.4 Å². The van der Waals surface area contributed by atoms with Crippen molar-refractivity contribution in [3.8, 4) is 11.6 Å². The summed E-state index contributed by atoms with van der Waals surface area (Å²) in [6.45, 7) is 6.24. The average Bonchev–Trinajstić information content (AvgIpc) is 3.45. The van der Waals surface area contributed by atoms with E-state index >= 15 is 0 Å². The molecule has 272 valence electrons. The Hall–Kier alpha value is -4.68. The number of halogens is 2. The molecule has 0 saturated carbocycles. The van der Waals surface area contributed by atoms with Crippen LogP contribution in [-0.2, 0) is 22.5 Å². The standard InChI is InChI=1S/C39H41ClN6O5.ClH/c1-25-33(39(49)46(29-9-11-31(47)12-10-29)36-21-42-37(50-3)22-41-36)20-35(43(25)2)34-19-28(40)8-13-32(34)38(48)45-23-27-7-5-4-6-26(27)18-30(45)24-44-14-16-51-17-15-44;/h4-13,19,21-22,30,35,47H,14-18,20,23-24H2,1-3H3;1H/t30-,35?;/m0./s1. The van der Waals surface area contributed by atoms with Gasteiger partial charge in [-0.15, -0.1) is 12.4 Å². The lowest BCUT2D eigenvalue weighted by Crippen LogP contribution is -2.52. The number of allylic oxidation sites excluding steroid dienone is 1. The number of fused-ring (bicyclic) bond motifs is 1. The van der Waals surface area contributed by atoms with E-state index < -0.39 is 0 Å². The smallest absolute Gasteiger partial charge is 0.261 e. The fourth-order valence-corrected chi connectivity index (χ4v) is 7.52. The first-order chi connectivity index (χ1) is 24.7. The number of morpholine rings is 1. The minimum atomic E-state index is -0.333. The van der Waals surface area contributed by atoms with E-state index in [-0.39, 0.29) is 42.1 Å². The lowest BCUT2D eigenvalue weighted by molar-refractivity contribution is -0.114. The Morgan fingerprint density at radius 2 is 1.73 bits per heavy atom. The number of carbonyl (C=O) groups is 2. The summed E-state index contributed by atoms with van der Waals surface area (Å²) in [4.78, 5) is 46.0. The van der Waals surface area contributed by atoms with Crippen molar-refractivity contribution in [2.45, 2.75) is 38.4 Å². The van der Waals surface area contributed by atoms with E-state index in [1.807, 2.05) is 42.0 Å². The number of anilines is 2. The van der Waals surface area contributed by atoms with Gasteiger partial charge in [0.05, 0.1) is 44.4 Å². The predicted octanol–water partition coefficient (Wildman–Crippen LogP) is 6.18. The molecule has 3 aromatic carbocycles. The van der Waals surface area contributed by atoms with Gasteiger partial charge in [0, 0.05) is 67.5 Å². The molecule has 7 rings (SSSR count). The number of rotatable bonds is 8. The molecule has 13 heteroatoms. The summed E-state index contributed by atoms with van der Waals surface area (Å²) in [5.74, 6) is 0.341. The van der Waals surface area contributed by atoms with E-state index in [1.54, 1.807) is 18.2 Å². The van der Waals surface area contributed by atoms with Crippen LogP contribution in [0.25, 0.3) is 0 Å². The van der Waals surface area contributed by atoms with E-state index in [1.165, 1.54) is 42.1 Å². The molecule has 0 bridgehead atoms. The number of phenols is 1. The highest BCUT2D eigenvalue weighted by molar-refractivity contribution is 6.30.